The van der Waals surface area contributed by atoms with Crippen molar-refractivity contribution in [2.75, 3.05) is 6.54 Å². The first-order chi connectivity index (χ1) is 10.2. The lowest BCUT2D eigenvalue weighted by molar-refractivity contribution is -0.125. The number of aromatic nitrogens is 2. The predicted octanol–water partition coefficient (Wildman–Crippen LogP) is 2.53. The molecule has 0 aliphatic heterocycles. The van der Waals surface area contributed by atoms with E-state index in [1.54, 1.807) is 23.3 Å². The molecule has 5 nitrogen and oxygen atoms in total. The number of carbonyl (C=O) groups is 1. The van der Waals surface area contributed by atoms with Gasteiger partial charge in [0.2, 0.25) is 5.91 Å². The monoisotopic (exact) mass is 307 g/mol. The van der Waals surface area contributed by atoms with Crippen LogP contribution in [0.2, 0.25) is 0 Å². The lowest BCUT2D eigenvalue weighted by Crippen LogP contribution is -2.47. The first-order valence-corrected chi connectivity index (χ1v) is 8.19. The summed E-state index contributed by atoms with van der Waals surface area (Å²) >= 11 is 0. The van der Waals surface area contributed by atoms with Crippen LogP contribution < -0.4 is 5.32 Å². The van der Waals surface area contributed by atoms with E-state index in [9.17, 15) is 9.90 Å². The zero-order chi connectivity index (χ0) is 16.4. The highest BCUT2D eigenvalue weighted by Gasteiger charge is 2.37. The average Bonchev–Trinajstić information content (AvgIpc) is 2.97. The minimum Gasteiger partial charge on any atom is -0.388 e. The molecule has 0 aromatic carbocycles. The van der Waals surface area contributed by atoms with Crippen LogP contribution in [0.25, 0.3) is 0 Å². The van der Waals surface area contributed by atoms with Gasteiger partial charge in [-0.25, -0.2) is 4.98 Å². The summed E-state index contributed by atoms with van der Waals surface area (Å²) in [5.74, 6) is 0.567. The summed E-state index contributed by atoms with van der Waals surface area (Å²) in [5.41, 5.74) is -0.466. The van der Waals surface area contributed by atoms with Gasteiger partial charge in [-0.3, -0.25) is 4.79 Å². The summed E-state index contributed by atoms with van der Waals surface area (Å²) in [6.07, 6.45) is 8.62. The van der Waals surface area contributed by atoms with E-state index in [0.29, 0.717) is 17.9 Å². The fraction of sp³-hybridized carbons (Fsp3) is 0.765. The first kappa shape index (κ1) is 17.0. The Labute approximate surface area is 133 Å². The van der Waals surface area contributed by atoms with Gasteiger partial charge in [-0.1, -0.05) is 20.8 Å². The molecule has 2 rings (SSSR count). The number of imidazole rings is 1. The lowest BCUT2D eigenvalue weighted by Gasteiger charge is -2.41. The van der Waals surface area contributed by atoms with E-state index in [-0.39, 0.29) is 11.9 Å². The Morgan fingerprint density at radius 2 is 2.09 bits per heavy atom. The van der Waals surface area contributed by atoms with Gasteiger partial charge < -0.3 is 15.0 Å². The molecular formula is C17H29N3O2. The number of rotatable bonds is 4. The zero-order valence-electron chi connectivity index (χ0n) is 14.2. The third-order valence-corrected chi connectivity index (χ3v) is 5.08. The van der Waals surface area contributed by atoms with Gasteiger partial charge in [0.25, 0.3) is 0 Å². The summed E-state index contributed by atoms with van der Waals surface area (Å²) < 4.78 is 1.76. The second-order valence-electron chi connectivity index (χ2n) is 7.77. The van der Waals surface area contributed by atoms with Crippen molar-refractivity contribution in [1.82, 2.24) is 14.9 Å². The summed E-state index contributed by atoms with van der Waals surface area (Å²) in [6, 6.07) is -0.308. The predicted molar refractivity (Wildman–Crippen MR) is 86.3 cm³/mol. The average molecular weight is 307 g/mol. The molecule has 0 spiro atoms. The highest BCUT2D eigenvalue weighted by Crippen LogP contribution is 2.41. The Kier molecular flexibility index (Phi) is 4.95. The van der Waals surface area contributed by atoms with Crippen LogP contribution in [0.3, 0.4) is 0 Å². The van der Waals surface area contributed by atoms with E-state index in [0.717, 1.165) is 25.7 Å². The Morgan fingerprint density at radius 1 is 1.45 bits per heavy atom. The van der Waals surface area contributed by atoms with Gasteiger partial charge in [-0.05, 0) is 43.9 Å². The van der Waals surface area contributed by atoms with Gasteiger partial charge >= 0.3 is 0 Å². The van der Waals surface area contributed by atoms with E-state index < -0.39 is 5.60 Å². The number of nitrogens with one attached hydrogen (secondary N) is 1. The molecule has 0 saturated heterocycles. The molecule has 0 unspecified atom stereocenters. The number of hydrogen-bond acceptors (Lipinski definition) is 3. The van der Waals surface area contributed by atoms with Gasteiger partial charge in [-0.2, -0.15) is 0 Å². The Hall–Kier alpha value is -1.36. The maximum atomic E-state index is 12.2. The third kappa shape index (κ3) is 4.09. The standard InChI is InChI=1S/C17H29N3O2/c1-13(20-10-9-18-12-20)15(21)19-11-17(22)7-5-14(6-8-17)16(2,3)4/h9-10,12-14,22H,5-8,11H2,1-4H3,(H,19,21)/t13-,14?,17?/m1/s1. The van der Waals surface area contributed by atoms with Crippen molar-refractivity contribution in [3.8, 4) is 0 Å². The molecule has 124 valence electrons. The van der Waals surface area contributed by atoms with Crippen LogP contribution in [0.1, 0.15) is 59.4 Å². The van der Waals surface area contributed by atoms with Crippen LogP contribution in [0.4, 0.5) is 0 Å². The molecule has 1 heterocycles. The number of amides is 1. The molecule has 0 radical (unpaired) electrons. The van der Waals surface area contributed by atoms with Crippen molar-refractivity contribution in [1.29, 1.82) is 0 Å². The Balaban J connectivity index is 1.83. The third-order valence-electron chi connectivity index (χ3n) is 5.08. The number of nitrogens with zero attached hydrogens (tertiary/aromatic N) is 2. The molecule has 1 fully saturated rings. The van der Waals surface area contributed by atoms with Crippen LogP contribution in [-0.4, -0.2) is 32.7 Å². The first-order valence-electron chi connectivity index (χ1n) is 8.19. The van der Waals surface area contributed by atoms with Crippen molar-refractivity contribution in [3.05, 3.63) is 18.7 Å². The minimum absolute atomic E-state index is 0.0793. The molecule has 2 N–H and O–H groups in total. The molecule has 0 bridgehead atoms. The van der Waals surface area contributed by atoms with E-state index in [1.165, 1.54) is 0 Å². The van der Waals surface area contributed by atoms with E-state index >= 15 is 0 Å². The lowest BCUT2D eigenvalue weighted by atomic mass is 9.68. The van der Waals surface area contributed by atoms with Crippen molar-refractivity contribution in [3.63, 3.8) is 0 Å². The molecule has 22 heavy (non-hydrogen) atoms. The fourth-order valence-electron chi connectivity index (χ4n) is 3.23. The molecular weight excluding hydrogens is 278 g/mol. The number of carbonyl (C=O) groups excluding carboxylic acids is 1. The Morgan fingerprint density at radius 3 is 2.59 bits per heavy atom. The smallest absolute Gasteiger partial charge is 0.242 e. The molecule has 5 heteroatoms. The molecule has 1 aromatic heterocycles. The fourth-order valence-corrected chi connectivity index (χ4v) is 3.23. The summed E-state index contributed by atoms with van der Waals surface area (Å²) in [7, 11) is 0. The van der Waals surface area contributed by atoms with Crippen molar-refractivity contribution in [2.24, 2.45) is 11.3 Å². The molecule has 1 aliphatic rings. The van der Waals surface area contributed by atoms with Crippen molar-refractivity contribution >= 4 is 5.91 Å². The quantitative estimate of drug-likeness (QED) is 0.898. The Bertz CT molecular complexity index is 483. The van der Waals surface area contributed by atoms with Gasteiger partial charge in [0.15, 0.2) is 0 Å². The van der Waals surface area contributed by atoms with Gasteiger partial charge in [-0.15, -0.1) is 0 Å². The van der Waals surface area contributed by atoms with E-state index in [4.69, 9.17) is 0 Å². The van der Waals surface area contributed by atoms with E-state index in [1.807, 2.05) is 6.92 Å². The summed E-state index contributed by atoms with van der Waals surface area (Å²) in [4.78, 5) is 16.1. The SMILES string of the molecule is C[C@H](C(=O)NCC1(O)CCC(C(C)(C)C)CC1)n1ccnc1. The molecule has 1 saturated carbocycles. The molecule has 1 aliphatic carbocycles. The highest BCUT2D eigenvalue weighted by molar-refractivity contribution is 5.79. The molecule has 1 aromatic rings. The molecule has 1 amide bonds. The van der Waals surface area contributed by atoms with Gasteiger partial charge in [0.1, 0.15) is 6.04 Å². The van der Waals surface area contributed by atoms with Crippen LogP contribution in [0, 0.1) is 11.3 Å². The van der Waals surface area contributed by atoms with Crippen LogP contribution >= 0.6 is 0 Å². The summed E-state index contributed by atoms with van der Waals surface area (Å²) in [5, 5.41) is 13.6. The maximum absolute atomic E-state index is 12.2. The maximum Gasteiger partial charge on any atom is 0.242 e. The topological polar surface area (TPSA) is 67.2 Å². The second-order valence-corrected chi connectivity index (χ2v) is 7.77. The normalized spacial score (nSPS) is 27.4. The van der Waals surface area contributed by atoms with Crippen LogP contribution in [-0.2, 0) is 4.79 Å². The summed E-state index contributed by atoms with van der Waals surface area (Å²) in [6.45, 7) is 8.95. The van der Waals surface area contributed by atoms with Gasteiger partial charge in [0, 0.05) is 18.9 Å². The molecule has 1 atom stereocenters. The van der Waals surface area contributed by atoms with Crippen LogP contribution in [0.15, 0.2) is 18.7 Å². The number of hydrogen-bond donors (Lipinski definition) is 2. The second kappa shape index (κ2) is 6.41. The number of aliphatic hydroxyl groups is 1. The van der Waals surface area contributed by atoms with Crippen molar-refractivity contribution in [2.45, 2.75) is 65.0 Å². The van der Waals surface area contributed by atoms with Crippen molar-refractivity contribution < 1.29 is 9.90 Å². The van der Waals surface area contributed by atoms with E-state index in [2.05, 4.69) is 31.1 Å². The van der Waals surface area contributed by atoms with Gasteiger partial charge in [0.05, 0.1) is 11.9 Å². The van der Waals surface area contributed by atoms with Crippen LogP contribution in [0.5, 0.6) is 0 Å². The minimum atomic E-state index is -0.758. The highest BCUT2D eigenvalue weighted by atomic mass is 16.3. The largest absolute Gasteiger partial charge is 0.388 e. The zero-order valence-corrected chi connectivity index (χ0v) is 14.2.